The minimum atomic E-state index is -0.152. The summed E-state index contributed by atoms with van der Waals surface area (Å²) in [5, 5.41) is 6.57. The average Bonchev–Trinajstić information content (AvgIpc) is 3.00. The van der Waals surface area contributed by atoms with E-state index < -0.39 is 0 Å². The highest BCUT2D eigenvalue weighted by Gasteiger charge is 2.50. The normalized spacial score (nSPS) is 24.9. The summed E-state index contributed by atoms with van der Waals surface area (Å²) in [5.74, 6) is 2.31. The van der Waals surface area contributed by atoms with Crippen LogP contribution in [0.2, 0.25) is 0 Å². The van der Waals surface area contributed by atoms with E-state index in [1.54, 1.807) is 14.2 Å². The van der Waals surface area contributed by atoms with Gasteiger partial charge in [-0.2, -0.15) is 30.1 Å². The molecule has 312 valence electrons. The summed E-state index contributed by atoms with van der Waals surface area (Å²) in [7, 11) is 9.88. The molecule has 0 bridgehead atoms. The zero-order valence-electron chi connectivity index (χ0n) is 38.0. The third-order valence-electron chi connectivity index (χ3n) is 12.8. The smallest absolute Gasteiger partial charge is 0.230 e. The van der Waals surface area contributed by atoms with Crippen molar-refractivity contribution in [2.45, 2.75) is 206 Å². The second kappa shape index (κ2) is 16.7. The highest BCUT2D eigenvalue weighted by Crippen LogP contribution is 2.43. The lowest BCUT2D eigenvalue weighted by atomic mass is 9.78. The van der Waals surface area contributed by atoms with Gasteiger partial charge in [0, 0.05) is 65.0 Å². The van der Waals surface area contributed by atoms with Crippen molar-refractivity contribution in [1.82, 2.24) is 35.0 Å². The molecule has 3 aliphatic heterocycles. The molecule has 0 aliphatic carbocycles. The number of hydrogen-bond acceptors (Lipinski definition) is 12. The van der Waals surface area contributed by atoms with Crippen LogP contribution in [0.4, 0.5) is 11.9 Å². The largest absolute Gasteiger partial charge is 0.341 e. The first-order chi connectivity index (χ1) is 24.8. The van der Waals surface area contributed by atoms with Crippen LogP contribution in [0.5, 0.6) is 0 Å². The molecule has 4 heterocycles. The molecule has 1 aromatic heterocycles. The van der Waals surface area contributed by atoms with Crippen molar-refractivity contribution in [2.24, 2.45) is 0 Å². The second-order valence-corrected chi connectivity index (χ2v) is 20.7. The van der Waals surface area contributed by atoms with Gasteiger partial charge >= 0.3 is 0 Å². The number of nitrogens with zero attached hydrogens (tertiary/aromatic N) is 9. The Morgan fingerprint density at radius 3 is 1.26 bits per heavy atom. The molecule has 54 heavy (non-hydrogen) atoms. The van der Waals surface area contributed by atoms with Crippen LogP contribution in [-0.4, -0.2) is 135 Å². The molecule has 3 aliphatic rings. The molecule has 0 saturated carbocycles. The molecule has 1 aromatic rings. The standard InChI is InChI=1S/C42H81N9O3/c1-31-43-35(47(15)33-27-39(6,7)50(53-17)40(8,9)28-33)45-36(44-31)48(34-29-41(10,11)51(54-18)42(12,13)30-34)24-22-20-19-21-23-46(14)32-25-37(2,3)49(52-16)38(4,5)26-32/h32-34H,19-30H2,1-18H3. The molecule has 0 aromatic carbocycles. The number of rotatable bonds is 15. The first-order valence-electron chi connectivity index (χ1n) is 20.8. The molecule has 0 atom stereocenters. The Morgan fingerprint density at radius 2 is 0.852 bits per heavy atom. The van der Waals surface area contributed by atoms with Gasteiger partial charge in [0.15, 0.2) is 0 Å². The zero-order chi connectivity index (χ0) is 40.7. The number of unbranched alkanes of at least 4 members (excludes halogenated alkanes) is 3. The maximum Gasteiger partial charge on any atom is 0.230 e. The van der Waals surface area contributed by atoms with E-state index in [1.165, 1.54) is 19.3 Å². The minimum absolute atomic E-state index is 0.00171. The van der Waals surface area contributed by atoms with E-state index in [1.807, 2.05) is 14.0 Å². The molecular weight excluding hydrogens is 679 g/mol. The summed E-state index contributed by atoms with van der Waals surface area (Å²) < 4.78 is 0. The lowest BCUT2D eigenvalue weighted by molar-refractivity contribution is -0.271. The highest BCUT2D eigenvalue weighted by atomic mass is 16.7. The highest BCUT2D eigenvalue weighted by molar-refractivity contribution is 5.41. The summed E-state index contributed by atoms with van der Waals surface area (Å²) in [6.07, 6.45) is 10.7. The van der Waals surface area contributed by atoms with Crippen LogP contribution in [0, 0.1) is 6.92 Å². The van der Waals surface area contributed by atoms with Crippen LogP contribution < -0.4 is 9.80 Å². The maximum absolute atomic E-state index is 6.01. The third kappa shape index (κ3) is 9.88. The van der Waals surface area contributed by atoms with E-state index in [-0.39, 0.29) is 45.3 Å². The molecule has 0 spiro atoms. The fourth-order valence-corrected chi connectivity index (χ4v) is 11.4. The van der Waals surface area contributed by atoms with Crippen LogP contribution in [-0.2, 0) is 14.5 Å². The molecule has 0 amide bonds. The van der Waals surface area contributed by atoms with Crippen LogP contribution >= 0.6 is 0 Å². The quantitative estimate of drug-likeness (QED) is 0.165. The van der Waals surface area contributed by atoms with Gasteiger partial charge in [-0.25, -0.2) is 0 Å². The summed E-state index contributed by atoms with van der Waals surface area (Å²) >= 11 is 0. The molecule has 4 rings (SSSR count). The van der Waals surface area contributed by atoms with Crippen molar-refractivity contribution in [2.75, 3.05) is 58.3 Å². The number of anilines is 2. The van der Waals surface area contributed by atoms with Gasteiger partial charge in [0.05, 0.1) is 21.3 Å². The van der Waals surface area contributed by atoms with Gasteiger partial charge in [-0.1, -0.05) is 12.8 Å². The van der Waals surface area contributed by atoms with Crippen LogP contribution in [0.15, 0.2) is 0 Å². The molecule has 12 nitrogen and oxygen atoms in total. The van der Waals surface area contributed by atoms with Crippen LogP contribution in [0.25, 0.3) is 0 Å². The lowest BCUT2D eigenvalue weighted by Gasteiger charge is -2.55. The minimum Gasteiger partial charge on any atom is -0.341 e. The molecule has 0 N–H and O–H groups in total. The van der Waals surface area contributed by atoms with E-state index >= 15 is 0 Å². The Labute approximate surface area is 330 Å². The van der Waals surface area contributed by atoms with Gasteiger partial charge in [-0.3, -0.25) is 0 Å². The fourth-order valence-electron chi connectivity index (χ4n) is 11.4. The van der Waals surface area contributed by atoms with Crippen molar-refractivity contribution in [3.05, 3.63) is 5.82 Å². The van der Waals surface area contributed by atoms with E-state index in [4.69, 9.17) is 29.5 Å². The Morgan fingerprint density at radius 1 is 0.500 bits per heavy atom. The third-order valence-corrected chi connectivity index (χ3v) is 12.8. The SMILES string of the molecule is CON1C(C)(C)CC(N(C)CCCCCCN(c2nc(C)nc(N(C)C3CC(C)(C)N(OC)C(C)(C)C3)n2)C2CC(C)(C)N(OC)C(C)(C)C2)CC1(C)C. The van der Waals surface area contributed by atoms with Gasteiger partial charge in [0.1, 0.15) is 5.82 Å². The van der Waals surface area contributed by atoms with E-state index in [0.29, 0.717) is 6.04 Å². The van der Waals surface area contributed by atoms with E-state index in [2.05, 4.69) is 127 Å². The number of piperidine rings is 3. The Hall–Kier alpha value is -1.67. The summed E-state index contributed by atoms with van der Waals surface area (Å²) in [6, 6.07) is 1.07. The van der Waals surface area contributed by atoms with Crippen LogP contribution in [0.1, 0.15) is 153 Å². The molecule has 0 radical (unpaired) electrons. The topological polar surface area (TPSA) is 85.8 Å². The molecule has 0 unspecified atom stereocenters. The Balaban J connectivity index is 1.50. The predicted octanol–water partition coefficient (Wildman–Crippen LogP) is 7.66. The van der Waals surface area contributed by atoms with Crippen molar-refractivity contribution in [1.29, 1.82) is 0 Å². The second-order valence-electron chi connectivity index (χ2n) is 20.7. The van der Waals surface area contributed by atoms with Gasteiger partial charge < -0.3 is 29.2 Å². The van der Waals surface area contributed by atoms with Crippen molar-refractivity contribution in [3.8, 4) is 0 Å². The van der Waals surface area contributed by atoms with Crippen molar-refractivity contribution >= 4 is 11.9 Å². The predicted molar refractivity (Wildman–Crippen MR) is 221 cm³/mol. The maximum atomic E-state index is 6.01. The summed E-state index contributed by atoms with van der Waals surface area (Å²) in [4.78, 5) is 40.5. The lowest BCUT2D eigenvalue weighted by Crippen LogP contribution is -2.64. The number of aromatic nitrogens is 3. The van der Waals surface area contributed by atoms with Gasteiger partial charge in [0.25, 0.3) is 0 Å². The Bertz CT molecular complexity index is 1330. The van der Waals surface area contributed by atoms with E-state index in [0.717, 1.165) is 75.8 Å². The average molecular weight is 760 g/mol. The van der Waals surface area contributed by atoms with Gasteiger partial charge in [-0.05, 0) is 155 Å². The molecule has 3 saturated heterocycles. The van der Waals surface area contributed by atoms with Crippen molar-refractivity contribution in [3.63, 3.8) is 0 Å². The summed E-state index contributed by atoms with van der Waals surface area (Å²) in [5.41, 5.74) is -0.580. The zero-order valence-corrected chi connectivity index (χ0v) is 38.0. The number of aryl methyl sites for hydroxylation is 1. The number of hydroxylamine groups is 6. The summed E-state index contributed by atoms with van der Waals surface area (Å²) in [6.45, 7) is 31.6. The monoisotopic (exact) mass is 760 g/mol. The number of hydrogen-bond donors (Lipinski definition) is 0. The molecule has 3 fully saturated rings. The Kier molecular flexibility index (Phi) is 13.9. The van der Waals surface area contributed by atoms with Gasteiger partial charge in [-0.15, -0.1) is 0 Å². The van der Waals surface area contributed by atoms with Crippen molar-refractivity contribution < 1.29 is 14.5 Å². The first-order valence-corrected chi connectivity index (χ1v) is 20.8. The van der Waals surface area contributed by atoms with Gasteiger partial charge in [0.2, 0.25) is 11.9 Å². The first kappa shape index (κ1) is 45.0. The molecular formula is C42H81N9O3. The van der Waals surface area contributed by atoms with E-state index in [9.17, 15) is 0 Å². The van der Waals surface area contributed by atoms with Crippen LogP contribution in [0.3, 0.4) is 0 Å². The molecule has 12 heteroatoms. The fraction of sp³-hybridized carbons (Fsp3) is 0.929.